The van der Waals surface area contributed by atoms with Crippen molar-refractivity contribution in [2.24, 2.45) is 28.6 Å². The Morgan fingerprint density at radius 1 is 0.923 bits per heavy atom. The van der Waals surface area contributed by atoms with Crippen molar-refractivity contribution >= 4 is 16.6 Å². The van der Waals surface area contributed by atoms with E-state index in [-0.39, 0.29) is 45.1 Å². The summed E-state index contributed by atoms with van der Waals surface area (Å²) in [5.74, 6) is 0.994. The quantitative estimate of drug-likeness (QED) is 0.190. The standard InChI is InChI=1S/C45H80O5Si2/c1-15-23-45(47-28-29-48-45)44(26-27-44)25-22-39(46)33(3)37-20-21-38-34(17-16-24-43(37,38)10)18-19-35-30-36(49-51(11,12)41(4,5)6)31-40(32(35)2)50-52(13,14)42(7,8)9/h18-19,33,36-40,46H,2,15-17,20-31H2,1,3-14H3/b34-18+,35-19-/t33-,36+,37+,38-,39-,40-,43+/m0/s1. The molecule has 0 aromatic heterocycles. The molecule has 1 saturated heterocycles. The summed E-state index contributed by atoms with van der Waals surface area (Å²) in [6, 6.07) is 0. The predicted octanol–water partition coefficient (Wildman–Crippen LogP) is 12.3. The summed E-state index contributed by atoms with van der Waals surface area (Å²) in [7, 11) is -3.96. The monoisotopic (exact) mass is 757 g/mol. The highest BCUT2D eigenvalue weighted by molar-refractivity contribution is 6.74. The number of hydrogen-bond acceptors (Lipinski definition) is 5. The van der Waals surface area contributed by atoms with Gasteiger partial charge in [0.05, 0.1) is 31.5 Å². The molecule has 7 heteroatoms. The molecule has 5 rings (SSSR count). The maximum absolute atomic E-state index is 11.8. The fraction of sp³-hybridized carbons (Fsp3) is 0.867. The van der Waals surface area contributed by atoms with Crippen LogP contribution in [0.3, 0.4) is 0 Å². The average Bonchev–Trinajstić information content (AvgIpc) is 3.54. The Morgan fingerprint density at radius 3 is 2.12 bits per heavy atom. The van der Waals surface area contributed by atoms with E-state index in [9.17, 15) is 5.11 Å². The second kappa shape index (κ2) is 15.4. The average molecular weight is 757 g/mol. The lowest BCUT2D eigenvalue weighted by Crippen LogP contribution is -2.49. The first kappa shape index (κ1) is 42.6. The summed E-state index contributed by atoms with van der Waals surface area (Å²) in [6.07, 6.45) is 18.9. The Kier molecular flexibility index (Phi) is 12.6. The molecular weight excluding hydrogens is 677 g/mol. The lowest BCUT2D eigenvalue weighted by atomic mass is 9.60. The van der Waals surface area contributed by atoms with E-state index in [4.69, 9.17) is 24.9 Å². The number of allylic oxidation sites excluding steroid dienone is 3. The molecular formula is C45H80O5Si2. The van der Waals surface area contributed by atoms with E-state index in [2.05, 4.69) is 101 Å². The van der Waals surface area contributed by atoms with Crippen molar-refractivity contribution < 1.29 is 23.4 Å². The Labute approximate surface area is 322 Å². The zero-order valence-electron chi connectivity index (χ0n) is 36.0. The molecule has 298 valence electrons. The molecule has 4 aliphatic carbocycles. The highest BCUT2D eigenvalue weighted by Crippen LogP contribution is 2.63. The van der Waals surface area contributed by atoms with Gasteiger partial charge < -0.3 is 23.4 Å². The van der Waals surface area contributed by atoms with E-state index in [0.29, 0.717) is 25.0 Å². The van der Waals surface area contributed by atoms with Gasteiger partial charge in [-0.2, -0.15) is 0 Å². The molecule has 0 radical (unpaired) electrons. The number of rotatable bonds is 13. The SMILES string of the molecule is C=C1/C(=C\C=C2/CCC[C@]3(C)[C@@H]([C@H](C)[C@@H](O)CCC4(C5(CCC)OCCO5)CC4)CC[C@@H]23)C[C@@H](O[Si](C)(C)C(C)(C)C)C[C@@H]1O[Si](C)(C)C(C)(C)C. The minimum absolute atomic E-state index is 0.00213. The van der Waals surface area contributed by atoms with Crippen molar-refractivity contribution in [1.29, 1.82) is 0 Å². The molecule has 0 spiro atoms. The van der Waals surface area contributed by atoms with Gasteiger partial charge >= 0.3 is 0 Å². The van der Waals surface area contributed by atoms with Crippen LogP contribution in [-0.4, -0.2) is 59.1 Å². The summed E-state index contributed by atoms with van der Waals surface area (Å²) in [4.78, 5) is 0. The molecule has 0 bridgehead atoms. The van der Waals surface area contributed by atoms with Crippen LogP contribution in [0.1, 0.15) is 146 Å². The normalized spacial score (nSPS) is 33.8. The van der Waals surface area contributed by atoms with Gasteiger partial charge in [0.25, 0.3) is 0 Å². The fourth-order valence-electron chi connectivity index (χ4n) is 10.3. The van der Waals surface area contributed by atoms with Gasteiger partial charge in [-0.3, -0.25) is 0 Å². The summed E-state index contributed by atoms with van der Waals surface area (Å²) >= 11 is 0. The number of fused-ring (bicyclic) bond motifs is 1. The van der Waals surface area contributed by atoms with Gasteiger partial charge in [0.2, 0.25) is 0 Å². The van der Waals surface area contributed by atoms with Crippen LogP contribution >= 0.6 is 0 Å². The molecule has 0 aromatic rings. The molecule has 0 aromatic carbocycles. The molecule has 52 heavy (non-hydrogen) atoms. The first-order valence-corrected chi connectivity index (χ1v) is 27.2. The van der Waals surface area contributed by atoms with Crippen molar-refractivity contribution in [2.45, 2.75) is 206 Å². The first-order chi connectivity index (χ1) is 24.0. The molecule has 1 aliphatic heterocycles. The molecule has 7 atom stereocenters. The van der Waals surface area contributed by atoms with Crippen LogP contribution in [0, 0.1) is 28.6 Å². The summed E-state index contributed by atoms with van der Waals surface area (Å²) in [5.41, 5.74) is 4.43. The summed E-state index contributed by atoms with van der Waals surface area (Å²) in [6.45, 7) is 36.8. The molecule has 0 unspecified atom stereocenters. The third kappa shape index (κ3) is 8.42. The zero-order chi connectivity index (χ0) is 38.5. The summed E-state index contributed by atoms with van der Waals surface area (Å²) in [5, 5.41) is 12.1. The molecule has 4 saturated carbocycles. The molecule has 1 N–H and O–H groups in total. The van der Waals surface area contributed by atoms with Gasteiger partial charge in [0.1, 0.15) is 0 Å². The lowest BCUT2D eigenvalue weighted by Gasteiger charge is -2.46. The smallest absolute Gasteiger partial charge is 0.192 e. The van der Waals surface area contributed by atoms with Crippen LogP contribution < -0.4 is 0 Å². The third-order valence-corrected chi connectivity index (χ3v) is 24.9. The van der Waals surface area contributed by atoms with Crippen molar-refractivity contribution in [3.8, 4) is 0 Å². The number of hydrogen-bond donors (Lipinski definition) is 1. The molecule has 1 heterocycles. The van der Waals surface area contributed by atoms with Crippen molar-refractivity contribution in [1.82, 2.24) is 0 Å². The minimum Gasteiger partial charge on any atom is -0.413 e. The molecule has 5 fully saturated rings. The van der Waals surface area contributed by atoms with Crippen LogP contribution in [0.25, 0.3) is 0 Å². The van der Waals surface area contributed by atoms with Gasteiger partial charge in [-0.1, -0.05) is 93.0 Å². The fourth-order valence-corrected chi connectivity index (χ4v) is 13.0. The van der Waals surface area contributed by atoms with Gasteiger partial charge in [0.15, 0.2) is 22.4 Å². The first-order valence-electron chi connectivity index (χ1n) is 21.4. The van der Waals surface area contributed by atoms with Crippen LogP contribution in [0.4, 0.5) is 0 Å². The topological polar surface area (TPSA) is 57.2 Å². The van der Waals surface area contributed by atoms with Crippen LogP contribution in [-0.2, 0) is 18.3 Å². The Hall–Kier alpha value is -0.546. The van der Waals surface area contributed by atoms with Gasteiger partial charge in [-0.25, -0.2) is 0 Å². The van der Waals surface area contributed by atoms with Crippen LogP contribution in [0.5, 0.6) is 0 Å². The van der Waals surface area contributed by atoms with Crippen molar-refractivity contribution in [2.75, 3.05) is 13.2 Å². The van der Waals surface area contributed by atoms with E-state index >= 15 is 0 Å². The minimum atomic E-state index is -2.01. The third-order valence-electron chi connectivity index (χ3n) is 15.9. The molecule has 5 aliphatic rings. The maximum atomic E-state index is 11.8. The Morgan fingerprint density at radius 2 is 1.54 bits per heavy atom. The maximum Gasteiger partial charge on any atom is 0.192 e. The van der Waals surface area contributed by atoms with Crippen molar-refractivity contribution in [3.63, 3.8) is 0 Å². The number of ether oxygens (including phenoxy) is 2. The van der Waals surface area contributed by atoms with E-state index in [0.717, 1.165) is 38.5 Å². The Bertz CT molecular complexity index is 1320. The van der Waals surface area contributed by atoms with Crippen LogP contribution in [0.2, 0.25) is 36.3 Å². The second-order valence-corrected chi connectivity index (χ2v) is 30.8. The van der Waals surface area contributed by atoms with Gasteiger partial charge in [0, 0.05) is 18.3 Å². The second-order valence-electron chi connectivity index (χ2n) is 21.3. The highest BCUT2D eigenvalue weighted by atomic mass is 28.4. The van der Waals surface area contributed by atoms with Crippen LogP contribution in [0.15, 0.2) is 35.5 Å². The number of aliphatic hydroxyl groups excluding tert-OH is 1. The van der Waals surface area contributed by atoms with E-state index in [1.165, 1.54) is 56.1 Å². The molecule has 5 nitrogen and oxygen atoms in total. The summed E-state index contributed by atoms with van der Waals surface area (Å²) < 4.78 is 26.9. The zero-order valence-corrected chi connectivity index (χ0v) is 38.0. The highest BCUT2D eigenvalue weighted by Gasteiger charge is 2.62. The van der Waals surface area contributed by atoms with E-state index in [1.807, 2.05) is 0 Å². The lowest BCUT2D eigenvalue weighted by molar-refractivity contribution is -0.214. The van der Waals surface area contributed by atoms with E-state index < -0.39 is 22.4 Å². The molecule has 0 amide bonds. The largest absolute Gasteiger partial charge is 0.413 e. The number of aliphatic hydroxyl groups is 1. The predicted molar refractivity (Wildman–Crippen MR) is 222 cm³/mol. The van der Waals surface area contributed by atoms with Gasteiger partial charge in [-0.05, 0) is 135 Å². The Balaban J connectivity index is 1.31. The van der Waals surface area contributed by atoms with E-state index in [1.54, 1.807) is 5.57 Å². The van der Waals surface area contributed by atoms with Gasteiger partial charge in [-0.15, -0.1) is 0 Å². The van der Waals surface area contributed by atoms with Crippen molar-refractivity contribution in [3.05, 3.63) is 35.5 Å².